The minimum absolute atomic E-state index is 0.0930. The first-order valence-corrected chi connectivity index (χ1v) is 9.55. The van der Waals surface area contributed by atoms with E-state index in [1.807, 2.05) is 41.9 Å². The summed E-state index contributed by atoms with van der Waals surface area (Å²) in [7, 11) is -3.21. The van der Waals surface area contributed by atoms with Crippen molar-refractivity contribution < 1.29 is 8.42 Å². The number of benzene rings is 1. The highest BCUT2D eigenvalue weighted by molar-refractivity contribution is 7.88. The molecule has 21 heavy (non-hydrogen) atoms. The second kappa shape index (κ2) is 6.25. The average molecular weight is 322 g/mol. The molecular formula is C15H18N2O2S2. The van der Waals surface area contributed by atoms with E-state index >= 15 is 0 Å². The van der Waals surface area contributed by atoms with Crippen molar-refractivity contribution in [3.63, 3.8) is 0 Å². The summed E-state index contributed by atoms with van der Waals surface area (Å²) in [6, 6.07) is 9.37. The SMILES string of the molecule is O=S(=O)(Cc1ccccc1)N1CCC(c2nccs2)CC1. The average Bonchev–Trinajstić information content (AvgIpc) is 3.02. The zero-order valence-corrected chi connectivity index (χ0v) is 13.3. The van der Waals surface area contributed by atoms with Crippen molar-refractivity contribution in [3.05, 3.63) is 52.5 Å². The summed E-state index contributed by atoms with van der Waals surface area (Å²) in [6.45, 7) is 1.19. The van der Waals surface area contributed by atoms with E-state index in [4.69, 9.17) is 0 Å². The third kappa shape index (κ3) is 3.51. The third-order valence-corrected chi connectivity index (χ3v) is 6.63. The van der Waals surface area contributed by atoms with Crippen LogP contribution in [0, 0.1) is 0 Å². The standard InChI is InChI=1S/C15H18N2O2S2/c18-21(19,12-13-4-2-1-3-5-13)17-9-6-14(7-10-17)15-16-8-11-20-15/h1-5,8,11,14H,6-7,9-10,12H2. The first-order valence-electron chi connectivity index (χ1n) is 7.06. The molecular weight excluding hydrogens is 304 g/mol. The van der Waals surface area contributed by atoms with Crippen LogP contribution in [0.5, 0.6) is 0 Å². The number of hydrogen-bond acceptors (Lipinski definition) is 4. The van der Waals surface area contributed by atoms with Crippen molar-refractivity contribution in [2.24, 2.45) is 0 Å². The summed E-state index contributed by atoms with van der Waals surface area (Å²) in [5, 5.41) is 3.11. The molecule has 6 heteroatoms. The first-order chi connectivity index (χ1) is 10.1. The highest BCUT2D eigenvalue weighted by Crippen LogP contribution is 2.30. The number of hydrogen-bond donors (Lipinski definition) is 0. The minimum Gasteiger partial charge on any atom is -0.249 e. The van der Waals surface area contributed by atoms with Gasteiger partial charge in [-0.3, -0.25) is 0 Å². The van der Waals surface area contributed by atoms with Crippen LogP contribution in [0.25, 0.3) is 0 Å². The zero-order chi connectivity index (χ0) is 14.7. The summed E-state index contributed by atoms with van der Waals surface area (Å²) >= 11 is 1.66. The Morgan fingerprint density at radius 1 is 1.19 bits per heavy atom. The molecule has 4 nitrogen and oxygen atoms in total. The van der Waals surface area contributed by atoms with Gasteiger partial charge in [0.2, 0.25) is 10.0 Å². The van der Waals surface area contributed by atoms with Crippen LogP contribution in [0.3, 0.4) is 0 Å². The number of sulfonamides is 1. The van der Waals surface area contributed by atoms with E-state index < -0.39 is 10.0 Å². The molecule has 0 unspecified atom stereocenters. The van der Waals surface area contributed by atoms with Crippen LogP contribution in [-0.2, 0) is 15.8 Å². The predicted octanol–water partition coefficient (Wildman–Crippen LogP) is 2.85. The van der Waals surface area contributed by atoms with E-state index in [0.29, 0.717) is 19.0 Å². The third-order valence-electron chi connectivity index (χ3n) is 3.84. The lowest BCUT2D eigenvalue weighted by atomic mass is 9.99. The number of nitrogens with zero attached hydrogens (tertiary/aromatic N) is 2. The Hall–Kier alpha value is -1.24. The van der Waals surface area contributed by atoms with Crippen molar-refractivity contribution >= 4 is 21.4 Å². The summed E-state index contributed by atoms with van der Waals surface area (Å²) in [4.78, 5) is 4.35. The van der Waals surface area contributed by atoms with Crippen LogP contribution in [0.15, 0.2) is 41.9 Å². The van der Waals surface area contributed by atoms with Crippen LogP contribution in [0.2, 0.25) is 0 Å². The second-order valence-corrected chi connectivity index (χ2v) is 8.18. The largest absolute Gasteiger partial charge is 0.249 e. The molecule has 0 amide bonds. The predicted molar refractivity (Wildman–Crippen MR) is 84.7 cm³/mol. The van der Waals surface area contributed by atoms with Crippen molar-refractivity contribution in [1.82, 2.24) is 9.29 Å². The molecule has 2 aromatic rings. The molecule has 0 spiro atoms. The van der Waals surface area contributed by atoms with Gasteiger partial charge in [-0.15, -0.1) is 11.3 Å². The molecule has 112 valence electrons. The van der Waals surface area contributed by atoms with Gasteiger partial charge in [0.1, 0.15) is 0 Å². The molecule has 3 rings (SSSR count). The van der Waals surface area contributed by atoms with E-state index in [2.05, 4.69) is 4.98 Å². The Morgan fingerprint density at radius 3 is 2.52 bits per heavy atom. The van der Waals surface area contributed by atoms with Gasteiger partial charge in [0.05, 0.1) is 10.8 Å². The Kier molecular flexibility index (Phi) is 4.37. The van der Waals surface area contributed by atoms with Crippen molar-refractivity contribution in [2.45, 2.75) is 24.5 Å². The normalized spacial score (nSPS) is 17.9. The Bertz CT molecular complexity index is 661. The Balaban J connectivity index is 1.63. The molecule has 1 aromatic heterocycles. The van der Waals surface area contributed by atoms with Crippen LogP contribution in [-0.4, -0.2) is 30.8 Å². The van der Waals surface area contributed by atoms with Crippen LogP contribution >= 0.6 is 11.3 Å². The van der Waals surface area contributed by atoms with Gasteiger partial charge in [0.15, 0.2) is 0 Å². The summed E-state index contributed by atoms with van der Waals surface area (Å²) in [5.74, 6) is 0.503. The van der Waals surface area contributed by atoms with E-state index in [-0.39, 0.29) is 5.75 Å². The summed E-state index contributed by atoms with van der Waals surface area (Å²) in [5.41, 5.74) is 0.847. The monoisotopic (exact) mass is 322 g/mol. The van der Waals surface area contributed by atoms with Gasteiger partial charge < -0.3 is 0 Å². The molecule has 2 heterocycles. The van der Waals surface area contributed by atoms with Gasteiger partial charge in [-0.1, -0.05) is 30.3 Å². The van der Waals surface area contributed by atoms with E-state index in [1.54, 1.807) is 15.6 Å². The molecule has 0 saturated carbocycles. The Labute approximate surface area is 129 Å². The van der Waals surface area contributed by atoms with Gasteiger partial charge in [-0.05, 0) is 18.4 Å². The molecule has 0 aliphatic carbocycles. The fourth-order valence-electron chi connectivity index (χ4n) is 2.69. The number of piperidine rings is 1. The van der Waals surface area contributed by atoms with Gasteiger partial charge in [0, 0.05) is 30.6 Å². The molecule has 1 saturated heterocycles. The number of aromatic nitrogens is 1. The summed E-state index contributed by atoms with van der Waals surface area (Å²) in [6.07, 6.45) is 3.54. The van der Waals surface area contributed by atoms with Gasteiger partial charge in [-0.25, -0.2) is 17.7 Å². The van der Waals surface area contributed by atoms with Gasteiger partial charge in [-0.2, -0.15) is 0 Å². The number of thiazole rings is 1. The van der Waals surface area contributed by atoms with Crippen molar-refractivity contribution in [1.29, 1.82) is 0 Å². The maximum Gasteiger partial charge on any atom is 0.218 e. The minimum atomic E-state index is -3.21. The molecule has 0 bridgehead atoms. The molecule has 0 atom stereocenters. The lowest BCUT2D eigenvalue weighted by Gasteiger charge is -2.30. The fraction of sp³-hybridized carbons (Fsp3) is 0.400. The van der Waals surface area contributed by atoms with Crippen molar-refractivity contribution in [2.75, 3.05) is 13.1 Å². The zero-order valence-electron chi connectivity index (χ0n) is 11.7. The molecule has 1 aromatic carbocycles. The van der Waals surface area contributed by atoms with E-state index in [1.165, 1.54) is 0 Å². The highest BCUT2D eigenvalue weighted by atomic mass is 32.2. The van der Waals surface area contributed by atoms with Crippen LogP contribution in [0.4, 0.5) is 0 Å². The number of rotatable bonds is 4. The molecule has 1 aliphatic rings. The van der Waals surface area contributed by atoms with Crippen LogP contribution < -0.4 is 0 Å². The smallest absolute Gasteiger partial charge is 0.218 e. The molecule has 0 radical (unpaired) electrons. The Morgan fingerprint density at radius 2 is 1.90 bits per heavy atom. The second-order valence-electron chi connectivity index (χ2n) is 5.29. The molecule has 1 aliphatic heterocycles. The fourth-order valence-corrected chi connectivity index (χ4v) is 5.07. The maximum absolute atomic E-state index is 12.5. The van der Waals surface area contributed by atoms with Gasteiger partial charge in [0.25, 0.3) is 0 Å². The van der Waals surface area contributed by atoms with Gasteiger partial charge >= 0.3 is 0 Å². The van der Waals surface area contributed by atoms with E-state index in [9.17, 15) is 8.42 Å². The lowest BCUT2D eigenvalue weighted by Crippen LogP contribution is -2.38. The first kappa shape index (κ1) is 14.7. The van der Waals surface area contributed by atoms with Crippen molar-refractivity contribution in [3.8, 4) is 0 Å². The quantitative estimate of drug-likeness (QED) is 0.870. The highest BCUT2D eigenvalue weighted by Gasteiger charge is 2.29. The van der Waals surface area contributed by atoms with E-state index in [0.717, 1.165) is 23.4 Å². The van der Waals surface area contributed by atoms with Crippen LogP contribution in [0.1, 0.15) is 29.3 Å². The summed E-state index contributed by atoms with van der Waals surface area (Å²) < 4.78 is 26.6. The molecule has 0 N–H and O–H groups in total. The molecule has 1 fully saturated rings. The maximum atomic E-state index is 12.5. The topological polar surface area (TPSA) is 50.3 Å². The lowest BCUT2D eigenvalue weighted by molar-refractivity contribution is 0.319.